The lowest BCUT2D eigenvalue weighted by atomic mass is 10.2. The van der Waals surface area contributed by atoms with E-state index < -0.39 is 0 Å². The van der Waals surface area contributed by atoms with Crippen molar-refractivity contribution in [3.8, 4) is 0 Å². The second-order valence-corrected chi connectivity index (χ2v) is 3.39. The Morgan fingerprint density at radius 1 is 1.46 bits per heavy atom. The molecule has 0 aliphatic carbocycles. The van der Waals surface area contributed by atoms with Crippen LogP contribution in [0.5, 0.6) is 0 Å². The van der Waals surface area contributed by atoms with Gasteiger partial charge in [-0.3, -0.25) is 0 Å². The van der Waals surface area contributed by atoms with Gasteiger partial charge >= 0.3 is 0 Å². The molecule has 0 saturated carbocycles. The van der Waals surface area contributed by atoms with E-state index in [-0.39, 0.29) is 5.82 Å². The summed E-state index contributed by atoms with van der Waals surface area (Å²) < 4.78 is 13.1. The first-order valence-electron chi connectivity index (χ1n) is 4.37. The van der Waals surface area contributed by atoms with Crippen LogP contribution in [-0.4, -0.2) is 6.04 Å². The first-order valence-corrected chi connectivity index (χ1v) is 4.37. The smallest absolute Gasteiger partial charge is 0.127 e. The van der Waals surface area contributed by atoms with Gasteiger partial charge in [-0.1, -0.05) is 13.8 Å². The molecule has 0 atom stereocenters. The van der Waals surface area contributed by atoms with Crippen molar-refractivity contribution in [3.05, 3.63) is 29.6 Å². The molecule has 0 saturated heterocycles. The fraction of sp³-hybridized carbons (Fsp3) is 0.400. The summed E-state index contributed by atoms with van der Waals surface area (Å²) in [6.45, 7) is 4.56. The van der Waals surface area contributed by atoms with Gasteiger partial charge in [0.25, 0.3) is 0 Å². The van der Waals surface area contributed by atoms with Crippen molar-refractivity contribution in [3.63, 3.8) is 0 Å². The van der Waals surface area contributed by atoms with Crippen molar-refractivity contribution in [1.29, 1.82) is 0 Å². The number of hydrogen-bond donors (Lipinski definition) is 2. The number of nitrogens with two attached hydrogens (primary N) is 1. The highest BCUT2D eigenvalue weighted by Gasteiger charge is 2.02. The lowest BCUT2D eigenvalue weighted by Crippen LogP contribution is -2.22. The minimum absolute atomic E-state index is 0.206. The third kappa shape index (κ3) is 3.03. The highest BCUT2D eigenvalue weighted by molar-refractivity contribution is 5.41. The summed E-state index contributed by atoms with van der Waals surface area (Å²) in [5.41, 5.74) is 6.76. The Labute approximate surface area is 77.9 Å². The van der Waals surface area contributed by atoms with E-state index in [4.69, 9.17) is 5.73 Å². The molecule has 3 N–H and O–H groups in total. The van der Waals surface area contributed by atoms with Crippen LogP contribution in [0.3, 0.4) is 0 Å². The third-order valence-electron chi connectivity index (χ3n) is 1.77. The molecule has 0 unspecified atom stereocenters. The molecule has 2 nitrogen and oxygen atoms in total. The fourth-order valence-corrected chi connectivity index (χ4v) is 1.04. The fourth-order valence-electron chi connectivity index (χ4n) is 1.04. The number of nitrogen functional groups attached to an aromatic ring is 1. The first-order chi connectivity index (χ1) is 6.09. The van der Waals surface area contributed by atoms with Crippen LogP contribution < -0.4 is 11.1 Å². The average Bonchev–Trinajstić information content (AvgIpc) is 2.06. The van der Waals surface area contributed by atoms with Crippen molar-refractivity contribution in [2.24, 2.45) is 0 Å². The second-order valence-electron chi connectivity index (χ2n) is 3.39. The molecule has 72 valence electrons. The summed E-state index contributed by atoms with van der Waals surface area (Å²) >= 11 is 0. The molecule has 1 aromatic carbocycles. The number of hydrogen-bond acceptors (Lipinski definition) is 2. The minimum Gasteiger partial charge on any atom is -0.399 e. The highest BCUT2D eigenvalue weighted by atomic mass is 19.1. The largest absolute Gasteiger partial charge is 0.399 e. The molecule has 0 fully saturated rings. The standard InChI is InChI=1S/C10H15FN2/c1-7(2)13-6-8-5-9(12)3-4-10(8)11/h3-5,7,13H,6,12H2,1-2H3. The average molecular weight is 182 g/mol. The summed E-state index contributed by atoms with van der Waals surface area (Å²) in [7, 11) is 0. The van der Waals surface area contributed by atoms with Crippen molar-refractivity contribution >= 4 is 5.69 Å². The highest BCUT2D eigenvalue weighted by Crippen LogP contribution is 2.11. The van der Waals surface area contributed by atoms with Gasteiger partial charge in [-0.15, -0.1) is 0 Å². The molecule has 0 aliphatic heterocycles. The maximum atomic E-state index is 13.1. The van der Waals surface area contributed by atoms with Gasteiger partial charge < -0.3 is 11.1 Å². The Morgan fingerprint density at radius 2 is 2.15 bits per heavy atom. The van der Waals surface area contributed by atoms with Gasteiger partial charge in [0.2, 0.25) is 0 Å². The molecule has 0 spiro atoms. The van der Waals surface area contributed by atoms with Gasteiger partial charge in [-0.25, -0.2) is 4.39 Å². The first kappa shape index (κ1) is 9.99. The Morgan fingerprint density at radius 3 is 2.77 bits per heavy atom. The predicted molar refractivity (Wildman–Crippen MR) is 52.8 cm³/mol. The quantitative estimate of drug-likeness (QED) is 0.701. The molecule has 0 radical (unpaired) electrons. The van der Waals surface area contributed by atoms with E-state index in [1.807, 2.05) is 13.8 Å². The Bertz CT molecular complexity index is 284. The van der Waals surface area contributed by atoms with Crippen LogP contribution >= 0.6 is 0 Å². The van der Waals surface area contributed by atoms with E-state index in [1.54, 1.807) is 12.1 Å². The zero-order valence-electron chi connectivity index (χ0n) is 7.97. The van der Waals surface area contributed by atoms with Crippen LogP contribution in [0.15, 0.2) is 18.2 Å². The lowest BCUT2D eigenvalue weighted by Gasteiger charge is -2.09. The number of halogens is 1. The van der Waals surface area contributed by atoms with E-state index in [0.717, 1.165) is 0 Å². The van der Waals surface area contributed by atoms with Crippen LogP contribution in [0.4, 0.5) is 10.1 Å². The van der Waals surface area contributed by atoms with Crippen LogP contribution in [0.1, 0.15) is 19.4 Å². The van der Waals surface area contributed by atoms with Crippen LogP contribution in [-0.2, 0) is 6.54 Å². The van der Waals surface area contributed by atoms with Crippen LogP contribution in [0.25, 0.3) is 0 Å². The molecule has 0 aromatic heterocycles. The molecule has 3 heteroatoms. The SMILES string of the molecule is CC(C)NCc1cc(N)ccc1F. The summed E-state index contributed by atoms with van der Waals surface area (Å²) in [4.78, 5) is 0. The van der Waals surface area contributed by atoms with Gasteiger partial charge in [-0.05, 0) is 18.2 Å². The number of benzene rings is 1. The summed E-state index contributed by atoms with van der Waals surface area (Å²) in [5.74, 6) is -0.206. The zero-order chi connectivity index (χ0) is 9.84. The lowest BCUT2D eigenvalue weighted by molar-refractivity contribution is 0.553. The van der Waals surface area contributed by atoms with Crippen LogP contribution in [0.2, 0.25) is 0 Å². The molecule has 0 bridgehead atoms. The Hall–Kier alpha value is -1.09. The molecular formula is C10H15FN2. The van der Waals surface area contributed by atoms with E-state index in [2.05, 4.69) is 5.32 Å². The predicted octanol–water partition coefficient (Wildman–Crippen LogP) is 1.91. The Kier molecular flexibility index (Phi) is 3.25. The third-order valence-corrected chi connectivity index (χ3v) is 1.77. The topological polar surface area (TPSA) is 38.0 Å². The molecule has 1 rings (SSSR count). The molecule has 0 amide bonds. The van der Waals surface area contributed by atoms with Gasteiger partial charge in [0.15, 0.2) is 0 Å². The van der Waals surface area contributed by atoms with E-state index in [9.17, 15) is 4.39 Å². The monoisotopic (exact) mass is 182 g/mol. The van der Waals surface area contributed by atoms with Gasteiger partial charge in [-0.2, -0.15) is 0 Å². The van der Waals surface area contributed by atoms with Gasteiger partial charge in [0.05, 0.1) is 0 Å². The molecular weight excluding hydrogens is 167 g/mol. The van der Waals surface area contributed by atoms with Gasteiger partial charge in [0.1, 0.15) is 5.82 Å². The van der Waals surface area contributed by atoms with Crippen molar-refractivity contribution < 1.29 is 4.39 Å². The Balaban J connectivity index is 2.70. The molecule has 1 aromatic rings. The van der Waals surface area contributed by atoms with E-state index in [1.165, 1.54) is 6.07 Å². The number of anilines is 1. The minimum atomic E-state index is -0.206. The van der Waals surface area contributed by atoms with E-state index in [0.29, 0.717) is 23.8 Å². The number of rotatable bonds is 3. The summed E-state index contributed by atoms with van der Waals surface area (Å²) in [6.07, 6.45) is 0. The van der Waals surface area contributed by atoms with Crippen molar-refractivity contribution in [1.82, 2.24) is 5.32 Å². The van der Waals surface area contributed by atoms with Crippen LogP contribution in [0, 0.1) is 5.82 Å². The summed E-state index contributed by atoms with van der Waals surface area (Å²) in [6, 6.07) is 4.96. The maximum Gasteiger partial charge on any atom is 0.127 e. The molecule has 0 heterocycles. The van der Waals surface area contributed by atoms with Gasteiger partial charge in [0, 0.05) is 23.8 Å². The molecule has 13 heavy (non-hydrogen) atoms. The second kappa shape index (κ2) is 4.23. The normalized spacial score (nSPS) is 10.8. The summed E-state index contributed by atoms with van der Waals surface area (Å²) in [5, 5.41) is 3.13. The molecule has 0 aliphatic rings. The zero-order valence-corrected chi connectivity index (χ0v) is 7.97. The number of nitrogens with one attached hydrogen (secondary N) is 1. The van der Waals surface area contributed by atoms with Crippen molar-refractivity contribution in [2.45, 2.75) is 26.4 Å². The van der Waals surface area contributed by atoms with Crippen molar-refractivity contribution in [2.75, 3.05) is 5.73 Å². The van der Waals surface area contributed by atoms with E-state index >= 15 is 0 Å². The maximum absolute atomic E-state index is 13.1.